The molecule has 0 bridgehead atoms. The summed E-state index contributed by atoms with van der Waals surface area (Å²) in [5.41, 5.74) is 0. The lowest BCUT2D eigenvalue weighted by molar-refractivity contribution is -0.134. The van der Waals surface area contributed by atoms with Crippen LogP contribution in [0.25, 0.3) is 0 Å². The molecule has 4 heteroatoms. The van der Waals surface area contributed by atoms with Crippen LogP contribution in [-0.4, -0.2) is 23.9 Å². The van der Waals surface area contributed by atoms with Crippen LogP contribution in [0.2, 0.25) is 0 Å². The summed E-state index contributed by atoms with van der Waals surface area (Å²) in [6, 6.07) is 3.85. The minimum absolute atomic E-state index is 0.00895. The van der Waals surface area contributed by atoms with Crippen molar-refractivity contribution < 1.29 is 4.79 Å². The largest absolute Gasteiger partial charge is 0.316 e. The molecule has 1 amide bonds. The third-order valence-corrected chi connectivity index (χ3v) is 2.58. The Morgan fingerprint density at radius 1 is 1.25 bits per heavy atom. The van der Waals surface area contributed by atoms with Gasteiger partial charge in [0.25, 0.3) is 0 Å². The molecule has 88 valence electrons. The molecule has 0 aromatic heterocycles. The lowest BCUT2D eigenvalue weighted by Crippen LogP contribution is -2.36. The molecule has 0 radical (unpaired) electrons. The standard InChI is InChI=1S/C12H19N3O/c1-3-5-6-11(4-2)12(16)15(9-7-13)10-8-14/h11H,3-6,9-10H2,1-2H3/t11-/m0/s1. The number of unbranched alkanes of at least 4 members (excludes halogenated alkanes) is 1. The van der Waals surface area contributed by atoms with Gasteiger partial charge in [-0.05, 0) is 12.8 Å². The molecule has 0 spiro atoms. The minimum Gasteiger partial charge on any atom is -0.316 e. The maximum atomic E-state index is 12.0. The van der Waals surface area contributed by atoms with Crippen molar-refractivity contribution in [1.82, 2.24) is 4.90 Å². The first-order valence-electron chi connectivity index (χ1n) is 5.73. The van der Waals surface area contributed by atoms with Gasteiger partial charge in [-0.25, -0.2) is 0 Å². The molecule has 0 saturated heterocycles. The van der Waals surface area contributed by atoms with Gasteiger partial charge in [0.1, 0.15) is 13.1 Å². The molecule has 0 aromatic rings. The van der Waals surface area contributed by atoms with Crippen LogP contribution in [0.3, 0.4) is 0 Å². The normalized spacial score (nSPS) is 11.2. The summed E-state index contributed by atoms with van der Waals surface area (Å²) in [4.78, 5) is 13.3. The van der Waals surface area contributed by atoms with Crippen molar-refractivity contribution in [2.45, 2.75) is 39.5 Å². The fourth-order valence-corrected chi connectivity index (χ4v) is 1.59. The third-order valence-electron chi connectivity index (χ3n) is 2.58. The highest BCUT2D eigenvalue weighted by molar-refractivity contribution is 5.79. The Bertz CT molecular complexity index is 272. The number of amides is 1. The Hall–Kier alpha value is -1.55. The van der Waals surface area contributed by atoms with Crippen LogP contribution in [-0.2, 0) is 4.79 Å². The van der Waals surface area contributed by atoms with E-state index in [-0.39, 0.29) is 24.9 Å². The van der Waals surface area contributed by atoms with E-state index in [2.05, 4.69) is 6.92 Å². The van der Waals surface area contributed by atoms with Crippen molar-refractivity contribution in [3.05, 3.63) is 0 Å². The average molecular weight is 221 g/mol. The molecule has 0 aliphatic carbocycles. The first-order chi connectivity index (χ1) is 7.71. The van der Waals surface area contributed by atoms with Gasteiger partial charge in [0.2, 0.25) is 5.91 Å². The fourth-order valence-electron chi connectivity index (χ4n) is 1.59. The van der Waals surface area contributed by atoms with E-state index in [1.165, 1.54) is 4.90 Å². The van der Waals surface area contributed by atoms with Gasteiger partial charge in [0.15, 0.2) is 0 Å². The van der Waals surface area contributed by atoms with Crippen LogP contribution in [0.4, 0.5) is 0 Å². The smallest absolute Gasteiger partial charge is 0.227 e. The highest BCUT2D eigenvalue weighted by atomic mass is 16.2. The quantitative estimate of drug-likeness (QED) is 0.618. The van der Waals surface area contributed by atoms with Gasteiger partial charge in [-0.1, -0.05) is 26.7 Å². The molecular formula is C12H19N3O. The second-order valence-electron chi connectivity index (χ2n) is 3.76. The van der Waals surface area contributed by atoms with Crippen molar-refractivity contribution in [3.8, 4) is 12.1 Å². The van der Waals surface area contributed by atoms with E-state index < -0.39 is 0 Å². The summed E-state index contributed by atoms with van der Waals surface area (Å²) < 4.78 is 0. The Morgan fingerprint density at radius 3 is 2.19 bits per heavy atom. The second kappa shape index (κ2) is 8.73. The topological polar surface area (TPSA) is 67.9 Å². The maximum absolute atomic E-state index is 12.0. The van der Waals surface area contributed by atoms with Gasteiger partial charge in [-0.15, -0.1) is 0 Å². The zero-order valence-electron chi connectivity index (χ0n) is 10.1. The Balaban J connectivity index is 4.44. The number of hydrogen-bond donors (Lipinski definition) is 0. The van der Waals surface area contributed by atoms with Crippen molar-refractivity contribution in [3.63, 3.8) is 0 Å². The van der Waals surface area contributed by atoms with E-state index in [4.69, 9.17) is 10.5 Å². The molecule has 0 rings (SSSR count). The molecule has 0 heterocycles. The Kier molecular flexibility index (Phi) is 7.89. The summed E-state index contributed by atoms with van der Waals surface area (Å²) in [7, 11) is 0. The molecule has 4 nitrogen and oxygen atoms in total. The van der Waals surface area contributed by atoms with Crippen molar-refractivity contribution >= 4 is 5.91 Å². The zero-order valence-corrected chi connectivity index (χ0v) is 10.1. The first-order valence-corrected chi connectivity index (χ1v) is 5.73. The molecule has 0 aromatic carbocycles. The maximum Gasteiger partial charge on any atom is 0.227 e. The van der Waals surface area contributed by atoms with Crippen molar-refractivity contribution in [1.29, 1.82) is 10.5 Å². The summed E-state index contributed by atoms with van der Waals surface area (Å²) >= 11 is 0. The van der Waals surface area contributed by atoms with Crippen LogP contribution >= 0.6 is 0 Å². The number of nitriles is 2. The van der Waals surface area contributed by atoms with Gasteiger partial charge in [-0.2, -0.15) is 10.5 Å². The van der Waals surface area contributed by atoms with Gasteiger partial charge < -0.3 is 4.90 Å². The number of carbonyl (C=O) groups is 1. The van der Waals surface area contributed by atoms with Gasteiger partial charge >= 0.3 is 0 Å². The SMILES string of the molecule is CCCC[C@H](CC)C(=O)N(CC#N)CC#N. The average Bonchev–Trinajstić information content (AvgIpc) is 2.29. The van der Waals surface area contributed by atoms with E-state index in [1.807, 2.05) is 19.1 Å². The summed E-state index contributed by atoms with van der Waals surface area (Å²) in [6.07, 6.45) is 3.68. The minimum atomic E-state index is -0.0564. The van der Waals surface area contributed by atoms with Crippen LogP contribution in [0.5, 0.6) is 0 Å². The summed E-state index contributed by atoms with van der Waals surface area (Å²) in [5, 5.41) is 17.2. The molecule has 0 saturated carbocycles. The van der Waals surface area contributed by atoms with E-state index in [1.54, 1.807) is 0 Å². The molecule has 0 aliphatic heterocycles. The van der Waals surface area contributed by atoms with E-state index >= 15 is 0 Å². The lowest BCUT2D eigenvalue weighted by Gasteiger charge is -2.22. The Morgan fingerprint density at radius 2 is 1.81 bits per heavy atom. The highest BCUT2D eigenvalue weighted by Gasteiger charge is 2.21. The monoisotopic (exact) mass is 221 g/mol. The fraction of sp³-hybridized carbons (Fsp3) is 0.750. The first kappa shape index (κ1) is 14.5. The molecule has 1 atom stereocenters. The number of rotatable bonds is 7. The van der Waals surface area contributed by atoms with Crippen LogP contribution < -0.4 is 0 Å². The van der Waals surface area contributed by atoms with Gasteiger partial charge in [-0.3, -0.25) is 4.79 Å². The van der Waals surface area contributed by atoms with Gasteiger partial charge in [0, 0.05) is 5.92 Å². The number of carbonyl (C=O) groups excluding carboxylic acids is 1. The lowest BCUT2D eigenvalue weighted by atomic mass is 9.98. The van der Waals surface area contributed by atoms with Crippen LogP contribution in [0.1, 0.15) is 39.5 Å². The summed E-state index contributed by atoms with van der Waals surface area (Å²) in [6.45, 7) is 4.07. The molecular weight excluding hydrogens is 202 g/mol. The van der Waals surface area contributed by atoms with E-state index in [0.29, 0.717) is 0 Å². The Labute approximate surface area is 97.5 Å². The van der Waals surface area contributed by atoms with Crippen LogP contribution in [0.15, 0.2) is 0 Å². The predicted molar refractivity (Wildman–Crippen MR) is 61.1 cm³/mol. The zero-order chi connectivity index (χ0) is 12.4. The van der Waals surface area contributed by atoms with Gasteiger partial charge in [0.05, 0.1) is 12.1 Å². The third kappa shape index (κ3) is 4.79. The highest BCUT2D eigenvalue weighted by Crippen LogP contribution is 2.15. The molecule has 0 N–H and O–H groups in total. The second-order valence-corrected chi connectivity index (χ2v) is 3.76. The van der Waals surface area contributed by atoms with E-state index in [9.17, 15) is 4.79 Å². The molecule has 0 aliphatic rings. The number of nitrogens with zero attached hydrogens (tertiary/aromatic N) is 3. The molecule has 0 unspecified atom stereocenters. The number of hydrogen-bond acceptors (Lipinski definition) is 3. The predicted octanol–water partition coefficient (Wildman–Crippen LogP) is 2.08. The van der Waals surface area contributed by atoms with Crippen molar-refractivity contribution in [2.24, 2.45) is 5.92 Å². The van der Waals surface area contributed by atoms with Crippen LogP contribution in [0, 0.1) is 28.6 Å². The molecule has 0 fully saturated rings. The summed E-state index contributed by atoms with van der Waals surface area (Å²) in [5.74, 6) is -0.0966. The van der Waals surface area contributed by atoms with E-state index in [0.717, 1.165) is 25.7 Å². The molecule has 16 heavy (non-hydrogen) atoms. The van der Waals surface area contributed by atoms with Crippen molar-refractivity contribution in [2.75, 3.05) is 13.1 Å².